The number of hydrogen-bond donors (Lipinski definition) is 1. The molecule has 0 spiro atoms. The molecule has 1 aliphatic heterocycles. The molecule has 7 nitrogen and oxygen atoms in total. The van der Waals surface area contributed by atoms with Gasteiger partial charge in [0, 0.05) is 43.0 Å². The van der Waals surface area contributed by atoms with Crippen LogP contribution in [0.1, 0.15) is 29.3 Å². The molecule has 162 valence electrons. The van der Waals surface area contributed by atoms with E-state index in [1.54, 1.807) is 12.4 Å². The van der Waals surface area contributed by atoms with Crippen molar-refractivity contribution in [1.29, 1.82) is 0 Å². The first-order chi connectivity index (χ1) is 14.7. The van der Waals surface area contributed by atoms with E-state index in [-0.39, 0.29) is 23.9 Å². The number of benzene rings is 1. The lowest BCUT2D eigenvalue weighted by molar-refractivity contribution is -0.119. The number of ketones is 1. The number of Topliss-reactive ketones (excluding diaryl/α,β-unsaturated/α-hetero) is 1. The lowest BCUT2D eigenvalue weighted by Crippen LogP contribution is -2.42. The molecule has 1 N–H and O–H groups in total. The number of halogens is 3. The molecule has 0 amide bonds. The number of rotatable bonds is 5. The van der Waals surface area contributed by atoms with Gasteiger partial charge in [0.15, 0.2) is 23.2 Å². The maximum atomic E-state index is 13.4. The standard InChI is InChI=1S/C21H21F3N6O/c1-11-15-6-18(31)12(2)29(3)20(15)28-21(27-11)25-7-14-8-26-30(10-14)9-13-4-16(22)19(24)17(23)5-13/h4-5,8,10,12H,6-7,9H2,1-3H3,(H,25,27,28). The summed E-state index contributed by atoms with van der Waals surface area (Å²) < 4.78 is 41.4. The molecule has 0 radical (unpaired) electrons. The number of carbonyl (C=O) groups excluding carboxylic acids is 1. The summed E-state index contributed by atoms with van der Waals surface area (Å²) in [4.78, 5) is 23.0. The SMILES string of the molecule is Cc1nc(NCc2cnn(Cc3cc(F)c(F)c(F)c3)c2)nc2c1CC(=O)C(C)N2C. The summed E-state index contributed by atoms with van der Waals surface area (Å²) >= 11 is 0. The summed E-state index contributed by atoms with van der Waals surface area (Å²) in [6.45, 7) is 4.17. The van der Waals surface area contributed by atoms with E-state index in [2.05, 4.69) is 20.4 Å². The smallest absolute Gasteiger partial charge is 0.225 e. The summed E-state index contributed by atoms with van der Waals surface area (Å²) in [5.41, 5.74) is 2.65. The van der Waals surface area contributed by atoms with Gasteiger partial charge in [0.2, 0.25) is 5.95 Å². The predicted molar refractivity (Wildman–Crippen MR) is 108 cm³/mol. The molecule has 3 aromatic rings. The van der Waals surface area contributed by atoms with Crippen LogP contribution >= 0.6 is 0 Å². The first kappa shape index (κ1) is 20.8. The molecule has 0 saturated carbocycles. The number of aromatic nitrogens is 4. The van der Waals surface area contributed by atoms with Gasteiger partial charge in [-0.05, 0) is 31.5 Å². The molecule has 4 rings (SSSR count). The Hall–Kier alpha value is -3.43. The van der Waals surface area contributed by atoms with E-state index in [0.29, 0.717) is 18.9 Å². The number of nitrogens with zero attached hydrogens (tertiary/aromatic N) is 5. The second-order valence-corrected chi connectivity index (χ2v) is 7.64. The predicted octanol–water partition coefficient (Wildman–Crippen LogP) is 3.01. The van der Waals surface area contributed by atoms with Crippen molar-refractivity contribution in [2.45, 2.75) is 39.4 Å². The minimum atomic E-state index is -1.49. The van der Waals surface area contributed by atoms with Crippen LogP contribution < -0.4 is 10.2 Å². The normalized spacial score (nSPS) is 15.9. The van der Waals surface area contributed by atoms with E-state index in [4.69, 9.17) is 0 Å². The molecule has 3 heterocycles. The van der Waals surface area contributed by atoms with Gasteiger partial charge in [0.1, 0.15) is 5.82 Å². The number of aryl methyl sites for hydroxylation is 1. The van der Waals surface area contributed by atoms with Gasteiger partial charge in [-0.15, -0.1) is 0 Å². The Morgan fingerprint density at radius 1 is 1.16 bits per heavy atom. The molecule has 2 aromatic heterocycles. The van der Waals surface area contributed by atoms with Crippen LogP contribution in [0, 0.1) is 24.4 Å². The van der Waals surface area contributed by atoms with Gasteiger partial charge in [-0.25, -0.2) is 18.2 Å². The van der Waals surface area contributed by atoms with Crippen LogP contribution in [0.25, 0.3) is 0 Å². The van der Waals surface area contributed by atoms with Gasteiger partial charge >= 0.3 is 0 Å². The zero-order valence-electron chi connectivity index (χ0n) is 17.3. The lowest BCUT2D eigenvalue weighted by Gasteiger charge is -2.32. The van der Waals surface area contributed by atoms with Crippen molar-refractivity contribution < 1.29 is 18.0 Å². The number of anilines is 2. The maximum Gasteiger partial charge on any atom is 0.225 e. The summed E-state index contributed by atoms with van der Waals surface area (Å²) in [7, 11) is 1.84. The Bertz CT molecular complexity index is 1140. The molecule has 10 heteroatoms. The quantitative estimate of drug-likeness (QED) is 0.628. The zero-order valence-corrected chi connectivity index (χ0v) is 17.3. The molecule has 0 fully saturated rings. The van der Waals surface area contributed by atoms with Crippen LogP contribution in [-0.4, -0.2) is 38.6 Å². The third-order valence-electron chi connectivity index (χ3n) is 5.45. The number of nitrogens with one attached hydrogen (secondary N) is 1. The summed E-state index contributed by atoms with van der Waals surface area (Å²) in [5.74, 6) is -2.65. The van der Waals surface area contributed by atoms with Gasteiger partial charge in [0.05, 0.1) is 18.8 Å². The van der Waals surface area contributed by atoms with Crippen molar-refractivity contribution in [3.05, 3.63) is 64.4 Å². The minimum absolute atomic E-state index is 0.0965. The van der Waals surface area contributed by atoms with Crippen molar-refractivity contribution in [1.82, 2.24) is 19.7 Å². The molecule has 0 saturated heterocycles. The Morgan fingerprint density at radius 3 is 2.58 bits per heavy atom. The first-order valence-electron chi connectivity index (χ1n) is 9.74. The van der Waals surface area contributed by atoms with E-state index in [1.807, 2.05) is 25.8 Å². The fourth-order valence-corrected chi connectivity index (χ4v) is 3.53. The summed E-state index contributed by atoms with van der Waals surface area (Å²) in [6, 6.07) is 1.66. The van der Waals surface area contributed by atoms with E-state index >= 15 is 0 Å². The number of hydrogen-bond acceptors (Lipinski definition) is 6. The Kier molecular flexibility index (Phi) is 5.38. The second kappa shape index (κ2) is 8.01. The Balaban J connectivity index is 1.46. The minimum Gasteiger partial charge on any atom is -0.350 e. The largest absolute Gasteiger partial charge is 0.350 e. The molecular formula is C21H21F3N6O. The summed E-state index contributed by atoms with van der Waals surface area (Å²) in [5, 5.41) is 7.32. The summed E-state index contributed by atoms with van der Waals surface area (Å²) in [6.07, 6.45) is 3.65. The Morgan fingerprint density at radius 2 is 1.87 bits per heavy atom. The highest BCUT2D eigenvalue weighted by Gasteiger charge is 2.30. The van der Waals surface area contributed by atoms with Gasteiger partial charge < -0.3 is 10.2 Å². The third-order valence-corrected chi connectivity index (χ3v) is 5.45. The van der Waals surface area contributed by atoms with Crippen LogP contribution in [0.5, 0.6) is 0 Å². The molecular weight excluding hydrogens is 409 g/mol. The number of carbonyl (C=O) groups is 1. The fourth-order valence-electron chi connectivity index (χ4n) is 3.53. The van der Waals surface area contributed by atoms with Crippen molar-refractivity contribution in [2.24, 2.45) is 0 Å². The first-order valence-corrected chi connectivity index (χ1v) is 9.74. The monoisotopic (exact) mass is 430 g/mol. The average molecular weight is 430 g/mol. The van der Waals surface area contributed by atoms with Gasteiger partial charge in [0.25, 0.3) is 0 Å². The zero-order chi connectivity index (χ0) is 22.3. The van der Waals surface area contributed by atoms with Crippen molar-refractivity contribution in [3.63, 3.8) is 0 Å². The molecule has 0 bridgehead atoms. The van der Waals surface area contributed by atoms with Crippen LogP contribution in [0.4, 0.5) is 24.9 Å². The van der Waals surface area contributed by atoms with Crippen molar-refractivity contribution in [3.8, 4) is 0 Å². The molecule has 1 atom stereocenters. The molecule has 31 heavy (non-hydrogen) atoms. The van der Waals surface area contributed by atoms with Crippen LogP contribution in [0.3, 0.4) is 0 Å². The van der Waals surface area contributed by atoms with E-state index in [1.165, 1.54) is 4.68 Å². The fraction of sp³-hybridized carbons (Fsp3) is 0.333. The van der Waals surface area contributed by atoms with E-state index < -0.39 is 17.5 Å². The van der Waals surface area contributed by atoms with E-state index in [0.717, 1.165) is 34.8 Å². The van der Waals surface area contributed by atoms with Gasteiger partial charge in [-0.3, -0.25) is 9.48 Å². The van der Waals surface area contributed by atoms with Gasteiger partial charge in [-0.1, -0.05) is 0 Å². The number of likely N-dealkylation sites (N-methyl/N-ethyl adjacent to an activating group) is 1. The molecule has 1 aliphatic rings. The van der Waals surface area contributed by atoms with Crippen LogP contribution in [0.15, 0.2) is 24.5 Å². The topological polar surface area (TPSA) is 75.9 Å². The van der Waals surface area contributed by atoms with Crippen LogP contribution in [-0.2, 0) is 24.3 Å². The van der Waals surface area contributed by atoms with Gasteiger partial charge in [-0.2, -0.15) is 10.1 Å². The van der Waals surface area contributed by atoms with Crippen molar-refractivity contribution >= 4 is 17.5 Å². The molecule has 0 aliphatic carbocycles. The van der Waals surface area contributed by atoms with Crippen molar-refractivity contribution in [2.75, 3.05) is 17.3 Å². The van der Waals surface area contributed by atoms with Crippen LogP contribution in [0.2, 0.25) is 0 Å². The number of fused-ring (bicyclic) bond motifs is 1. The lowest BCUT2D eigenvalue weighted by atomic mass is 9.98. The molecule has 1 unspecified atom stereocenters. The highest BCUT2D eigenvalue weighted by Crippen LogP contribution is 2.28. The second-order valence-electron chi connectivity index (χ2n) is 7.64. The highest BCUT2D eigenvalue weighted by molar-refractivity contribution is 5.92. The third kappa shape index (κ3) is 4.10. The molecule has 1 aromatic carbocycles. The maximum absolute atomic E-state index is 13.4. The highest BCUT2D eigenvalue weighted by atomic mass is 19.2. The van der Waals surface area contributed by atoms with E-state index in [9.17, 15) is 18.0 Å². The Labute approximate surface area is 176 Å². The average Bonchev–Trinajstić information content (AvgIpc) is 3.17.